The lowest BCUT2D eigenvalue weighted by Crippen LogP contribution is -2.28. The molecule has 1 aromatic heterocycles. The van der Waals surface area contributed by atoms with Crippen molar-refractivity contribution in [2.75, 3.05) is 0 Å². The Kier molecular flexibility index (Phi) is 3.49. The summed E-state index contributed by atoms with van der Waals surface area (Å²) in [7, 11) is 0. The molecule has 2 atom stereocenters. The summed E-state index contributed by atoms with van der Waals surface area (Å²) in [6.07, 6.45) is 2.50. The number of rotatable bonds is 2. The lowest BCUT2D eigenvalue weighted by molar-refractivity contribution is -0.162. The van der Waals surface area contributed by atoms with Gasteiger partial charge in [0.25, 0.3) is 0 Å². The van der Waals surface area contributed by atoms with Crippen LogP contribution in [0.3, 0.4) is 0 Å². The molecule has 0 aliphatic heterocycles. The Labute approximate surface area is 160 Å². The Morgan fingerprint density at radius 3 is 2.37 bits per heavy atom. The summed E-state index contributed by atoms with van der Waals surface area (Å²) in [4.78, 5) is 25.6. The Morgan fingerprint density at radius 1 is 0.963 bits per heavy atom. The Bertz CT molecular complexity index is 1150. The highest BCUT2D eigenvalue weighted by Gasteiger charge is 2.39. The van der Waals surface area contributed by atoms with Crippen molar-refractivity contribution >= 4 is 40.1 Å². The number of fused-ring (bicyclic) bond motifs is 5. The highest BCUT2D eigenvalue weighted by molar-refractivity contribution is 7.17. The minimum Gasteiger partial charge on any atom is -0.454 e. The van der Waals surface area contributed by atoms with E-state index >= 15 is 0 Å². The van der Waals surface area contributed by atoms with E-state index in [1.54, 1.807) is 17.4 Å². The predicted octanol–water partition coefficient (Wildman–Crippen LogP) is 5.11. The van der Waals surface area contributed by atoms with Crippen LogP contribution in [-0.4, -0.2) is 18.0 Å². The molecule has 0 N–H and O–H groups in total. The second-order valence-corrected chi connectivity index (χ2v) is 7.81. The molecular formula is C22H16O4S. The topological polar surface area (TPSA) is 52.6 Å². The van der Waals surface area contributed by atoms with E-state index in [0.717, 1.165) is 21.6 Å². The number of hydrogen-bond donors (Lipinski definition) is 0. The van der Waals surface area contributed by atoms with Gasteiger partial charge >= 0.3 is 11.9 Å². The summed E-state index contributed by atoms with van der Waals surface area (Å²) < 4.78 is 11.1. The first-order chi connectivity index (χ1) is 13.0. The third-order valence-corrected chi connectivity index (χ3v) is 6.21. The Hall–Kier alpha value is -2.92. The van der Waals surface area contributed by atoms with E-state index in [4.69, 9.17) is 9.47 Å². The van der Waals surface area contributed by atoms with Gasteiger partial charge in [0.2, 0.25) is 0 Å². The molecule has 2 aromatic carbocycles. The average molecular weight is 376 g/mol. The third-order valence-electron chi connectivity index (χ3n) is 5.01. The fourth-order valence-corrected chi connectivity index (χ4v) is 5.40. The molecule has 0 bridgehead atoms. The molecule has 0 radical (unpaired) electrons. The van der Waals surface area contributed by atoms with Gasteiger partial charge in [-0.3, -0.25) is 9.59 Å². The lowest BCUT2D eigenvalue weighted by Gasteiger charge is -2.28. The molecule has 0 unspecified atom stereocenters. The van der Waals surface area contributed by atoms with Crippen LogP contribution in [0.2, 0.25) is 0 Å². The minimum absolute atomic E-state index is 0.396. The minimum atomic E-state index is -0.643. The molecule has 0 saturated heterocycles. The molecule has 0 fully saturated rings. The largest absolute Gasteiger partial charge is 0.454 e. The highest BCUT2D eigenvalue weighted by Crippen LogP contribution is 2.56. The fourth-order valence-electron chi connectivity index (χ4n) is 4.11. The van der Waals surface area contributed by atoms with Crippen LogP contribution in [-0.2, 0) is 19.1 Å². The van der Waals surface area contributed by atoms with Crippen molar-refractivity contribution in [1.29, 1.82) is 0 Å². The number of benzene rings is 2. The molecule has 0 spiro atoms. The van der Waals surface area contributed by atoms with Crippen molar-refractivity contribution in [3.63, 3.8) is 0 Å². The van der Waals surface area contributed by atoms with Crippen LogP contribution in [0.1, 0.15) is 30.4 Å². The third kappa shape index (κ3) is 2.35. The van der Waals surface area contributed by atoms with Crippen molar-refractivity contribution in [2.24, 2.45) is 0 Å². The summed E-state index contributed by atoms with van der Waals surface area (Å²) in [5, 5.41) is 2.42. The molecular weight excluding hydrogens is 360 g/mol. The van der Waals surface area contributed by atoms with Gasteiger partial charge in [0.05, 0.1) is 0 Å². The molecule has 27 heavy (non-hydrogen) atoms. The van der Waals surface area contributed by atoms with E-state index in [2.05, 4.69) is 30.3 Å². The number of carbonyl (C=O) groups excluding carboxylic acids is 2. The summed E-state index contributed by atoms with van der Waals surface area (Å²) in [6, 6.07) is 12.6. The van der Waals surface area contributed by atoms with Crippen LogP contribution >= 0.6 is 11.3 Å². The first-order valence-corrected chi connectivity index (χ1v) is 9.58. The van der Waals surface area contributed by atoms with Crippen molar-refractivity contribution in [3.05, 3.63) is 52.9 Å². The van der Waals surface area contributed by atoms with Crippen LogP contribution in [0.4, 0.5) is 0 Å². The summed E-state index contributed by atoms with van der Waals surface area (Å²) in [6.45, 7) is 2.74. The molecule has 5 heteroatoms. The monoisotopic (exact) mass is 376 g/mol. The Balaban J connectivity index is 1.76. The molecule has 4 nitrogen and oxygen atoms in total. The summed E-state index contributed by atoms with van der Waals surface area (Å²) in [5.41, 5.74) is 4.37. The van der Waals surface area contributed by atoms with Crippen molar-refractivity contribution in [2.45, 2.75) is 26.1 Å². The quantitative estimate of drug-likeness (QED) is 0.456. The first-order valence-electron chi connectivity index (χ1n) is 8.76. The van der Waals surface area contributed by atoms with Crippen LogP contribution < -0.4 is 0 Å². The zero-order valence-corrected chi connectivity index (χ0v) is 15.6. The molecule has 0 saturated carbocycles. The van der Waals surface area contributed by atoms with E-state index in [9.17, 15) is 9.59 Å². The van der Waals surface area contributed by atoms with Crippen molar-refractivity contribution in [3.8, 4) is 21.6 Å². The summed E-state index contributed by atoms with van der Waals surface area (Å²) in [5.74, 6) is -0.797. The van der Waals surface area contributed by atoms with E-state index in [0.29, 0.717) is 0 Å². The van der Waals surface area contributed by atoms with Crippen LogP contribution in [0.5, 0.6) is 0 Å². The van der Waals surface area contributed by atoms with Gasteiger partial charge in [-0.2, -0.15) is 0 Å². The maximum Gasteiger partial charge on any atom is 0.303 e. The number of esters is 2. The number of ether oxygens (including phenoxy) is 2. The molecule has 134 valence electrons. The van der Waals surface area contributed by atoms with Gasteiger partial charge in [-0.05, 0) is 28.5 Å². The van der Waals surface area contributed by atoms with E-state index < -0.39 is 24.1 Å². The van der Waals surface area contributed by atoms with Gasteiger partial charge in [0.15, 0.2) is 12.2 Å². The Morgan fingerprint density at radius 2 is 1.67 bits per heavy atom. The van der Waals surface area contributed by atoms with Crippen molar-refractivity contribution in [1.82, 2.24) is 0 Å². The van der Waals surface area contributed by atoms with Crippen molar-refractivity contribution < 1.29 is 19.1 Å². The SMILES string of the molecule is CC(=O)O[C@@H]1c2c(sc3c2-c2cccc4cccc-3c24)C=C[C@H]1OC(C)=O. The number of carbonyl (C=O) groups is 2. The standard InChI is InChI=1S/C22H16O4S/c1-11(23)25-16-9-10-17-20(21(16)26-12(2)24)19-14-7-3-5-13-6-4-8-15(18(13)14)22(19)27-17/h3-10,16,21H,1-2H3/t16-,21+/m1/s1. The lowest BCUT2D eigenvalue weighted by atomic mass is 9.92. The van der Waals surface area contributed by atoms with Gasteiger partial charge in [-0.25, -0.2) is 0 Å². The molecule has 1 heterocycles. The van der Waals surface area contributed by atoms with Gasteiger partial charge in [0, 0.05) is 40.3 Å². The molecule has 2 aliphatic rings. The molecule has 3 aromatic rings. The normalized spacial score (nSPS) is 18.9. The second-order valence-electron chi connectivity index (χ2n) is 6.76. The maximum absolute atomic E-state index is 11.8. The van der Waals surface area contributed by atoms with Gasteiger partial charge in [0.1, 0.15) is 0 Å². The smallest absolute Gasteiger partial charge is 0.303 e. The van der Waals surface area contributed by atoms with Crippen LogP contribution in [0, 0.1) is 0 Å². The van der Waals surface area contributed by atoms with E-state index in [1.807, 2.05) is 12.1 Å². The van der Waals surface area contributed by atoms with E-state index in [1.165, 1.54) is 35.1 Å². The van der Waals surface area contributed by atoms with Crippen LogP contribution in [0.25, 0.3) is 38.4 Å². The zero-order chi connectivity index (χ0) is 18.7. The first kappa shape index (κ1) is 16.3. The highest BCUT2D eigenvalue weighted by atomic mass is 32.1. The average Bonchev–Trinajstić information content (AvgIpc) is 3.14. The summed E-state index contributed by atoms with van der Waals surface area (Å²) >= 11 is 1.69. The second kappa shape index (κ2) is 5.79. The predicted molar refractivity (Wildman–Crippen MR) is 105 cm³/mol. The maximum atomic E-state index is 11.8. The van der Waals surface area contributed by atoms with Gasteiger partial charge in [-0.1, -0.05) is 36.4 Å². The number of thiophene rings is 1. The van der Waals surface area contributed by atoms with E-state index in [-0.39, 0.29) is 0 Å². The fraction of sp³-hybridized carbons (Fsp3) is 0.182. The molecule has 5 rings (SSSR count). The van der Waals surface area contributed by atoms with Gasteiger partial charge < -0.3 is 9.47 Å². The molecule has 2 aliphatic carbocycles. The number of hydrogen-bond acceptors (Lipinski definition) is 5. The van der Waals surface area contributed by atoms with Crippen LogP contribution in [0.15, 0.2) is 42.5 Å². The molecule has 0 amide bonds. The zero-order valence-electron chi connectivity index (χ0n) is 14.8. The van der Waals surface area contributed by atoms with Gasteiger partial charge in [-0.15, -0.1) is 11.3 Å².